The highest BCUT2D eigenvalue weighted by Gasteiger charge is 2.21. The SMILES string of the molecule is COc1ccc(CN2CCN(C(=O)Cc3ccc(-n4cnnn4)cc3)CC2)cc1F. The fourth-order valence-electron chi connectivity index (χ4n) is 3.55. The van der Waals surface area contributed by atoms with E-state index in [9.17, 15) is 9.18 Å². The first kappa shape index (κ1) is 20.0. The molecule has 4 rings (SSSR count). The van der Waals surface area contributed by atoms with Gasteiger partial charge in [0, 0.05) is 32.7 Å². The standard InChI is InChI=1S/C21H23FN6O2/c1-30-20-7-4-17(12-19(20)22)14-26-8-10-27(11-9-26)21(29)13-16-2-5-18(6-3-16)28-15-23-24-25-28/h2-7,12,15H,8-11,13-14H2,1H3. The minimum absolute atomic E-state index is 0.111. The van der Waals surface area contributed by atoms with Gasteiger partial charge in [0.15, 0.2) is 11.6 Å². The monoisotopic (exact) mass is 410 g/mol. The number of piperazine rings is 1. The summed E-state index contributed by atoms with van der Waals surface area (Å²) < 4.78 is 20.4. The zero-order valence-electron chi connectivity index (χ0n) is 16.7. The van der Waals surface area contributed by atoms with E-state index in [0.29, 0.717) is 26.1 Å². The molecule has 30 heavy (non-hydrogen) atoms. The van der Waals surface area contributed by atoms with Crippen LogP contribution in [-0.2, 0) is 17.8 Å². The van der Waals surface area contributed by atoms with E-state index in [4.69, 9.17) is 4.74 Å². The number of amides is 1. The van der Waals surface area contributed by atoms with Crippen molar-refractivity contribution in [2.45, 2.75) is 13.0 Å². The summed E-state index contributed by atoms with van der Waals surface area (Å²) in [4.78, 5) is 16.8. The van der Waals surface area contributed by atoms with Crippen LogP contribution < -0.4 is 4.74 Å². The third kappa shape index (κ3) is 4.62. The largest absolute Gasteiger partial charge is 0.494 e. The highest BCUT2D eigenvalue weighted by Crippen LogP contribution is 2.19. The summed E-state index contributed by atoms with van der Waals surface area (Å²) in [6, 6.07) is 12.7. The van der Waals surface area contributed by atoms with Gasteiger partial charge in [0.25, 0.3) is 0 Å². The molecular weight excluding hydrogens is 387 g/mol. The van der Waals surface area contributed by atoms with Gasteiger partial charge in [-0.05, 0) is 45.8 Å². The van der Waals surface area contributed by atoms with Crippen molar-refractivity contribution in [1.82, 2.24) is 30.0 Å². The Morgan fingerprint density at radius 1 is 1.07 bits per heavy atom. The van der Waals surface area contributed by atoms with Gasteiger partial charge < -0.3 is 9.64 Å². The van der Waals surface area contributed by atoms with Crippen molar-refractivity contribution >= 4 is 5.91 Å². The lowest BCUT2D eigenvalue weighted by Crippen LogP contribution is -2.48. The zero-order valence-corrected chi connectivity index (χ0v) is 16.7. The molecule has 0 unspecified atom stereocenters. The van der Waals surface area contributed by atoms with Crippen LogP contribution in [0, 0.1) is 5.82 Å². The smallest absolute Gasteiger partial charge is 0.227 e. The van der Waals surface area contributed by atoms with Crippen molar-refractivity contribution < 1.29 is 13.9 Å². The molecule has 156 valence electrons. The minimum atomic E-state index is -0.352. The Labute approximate surface area is 173 Å². The maximum Gasteiger partial charge on any atom is 0.227 e. The molecule has 3 aromatic rings. The quantitative estimate of drug-likeness (QED) is 0.616. The number of benzene rings is 2. The first-order valence-electron chi connectivity index (χ1n) is 9.77. The molecule has 1 aromatic heterocycles. The number of halogens is 1. The van der Waals surface area contributed by atoms with E-state index in [1.54, 1.807) is 10.7 Å². The average Bonchev–Trinajstić information content (AvgIpc) is 3.30. The Morgan fingerprint density at radius 2 is 1.80 bits per heavy atom. The van der Waals surface area contributed by atoms with Crippen LogP contribution in [0.4, 0.5) is 4.39 Å². The van der Waals surface area contributed by atoms with Crippen LogP contribution in [0.1, 0.15) is 11.1 Å². The topological polar surface area (TPSA) is 76.4 Å². The van der Waals surface area contributed by atoms with E-state index in [0.717, 1.165) is 29.9 Å². The average molecular weight is 410 g/mol. The number of rotatable bonds is 6. The number of ether oxygens (including phenoxy) is 1. The number of hydrogen-bond donors (Lipinski definition) is 0. The van der Waals surface area contributed by atoms with Gasteiger partial charge in [0.1, 0.15) is 6.33 Å². The number of methoxy groups -OCH3 is 1. The molecule has 0 aliphatic carbocycles. The van der Waals surface area contributed by atoms with E-state index < -0.39 is 0 Å². The van der Waals surface area contributed by atoms with Crippen molar-refractivity contribution in [1.29, 1.82) is 0 Å². The van der Waals surface area contributed by atoms with Gasteiger partial charge in [0.05, 0.1) is 19.2 Å². The van der Waals surface area contributed by atoms with Crippen molar-refractivity contribution in [3.8, 4) is 11.4 Å². The zero-order chi connectivity index (χ0) is 20.9. The van der Waals surface area contributed by atoms with E-state index in [1.807, 2.05) is 35.2 Å². The molecule has 0 N–H and O–H groups in total. The molecule has 2 aromatic carbocycles. The summed E-state index contributed by atoms with van der Waals surface area (Å²) in [5.74, 6) is 0.00961. The highest BCUT2D eigenvalue weighted by molar-refractivity contribution is 5.79. The maximum absolute atomic E-state index is 13.9. The molecule has 0 bridgehead atoms. The van der Waals surface area contributed by atoms with Crippen LogP contribution in [0.5, 0.6) is 5.75 Å². The molecule has 0 spiro atoms. The molecule has 0 saturated carbocycles. The number of nitrogens with zero attached hydrogens (tertiary/aromatic N) is 6. The lowest BCUT2D eigenvalue weighted by Gasteiger charge is -2.35. The Kier molecular flexibility index (Phi) is 5.99. The Morgan fingerprint density at radius 3 is 2.43 bits per heavy atom. The van der Waals surface area contributed by atoms with E-state index in [1.165, 1.54) is 19.5 Å². The number of tetrazole rings is 1. The number of carbonyl (C=O) groups excluding carboxylic acids is 1. The number of hydrogen-bond acceptors (Lipinski definition) is 6. The Bertz CT molecular complexity index is 985. The van der Waals surface area contributed by atoms with Gasteiger partial charge in [-0.25, -0.2) is 9.07 Å². The van der Waals surface area contributed by atoms with E-state index in [2.05, 4.69) is 20.4 Å². The highest BCUT2D eigenvalue weighted by atomic mass is 19.1. The minimum Gasteiger partial charge on any atom is -0.494 e. The molecule has 1 amide bonds. The second kappa shape index (κ2) is 9.00. The summed E-state index contributed by atoms with van der Waals surface area (Å²) in [5, 5.41) is 11.1. The van der Waals surface area contributed by atoms with Crippen LogP contribution in [0.2, 0.25) is 0 Å². The van der Waals surface area contributed by atoms with Crippen molar-refractivity contribution in [2.75, 3.05) is 33.3 Å². The maximum atomic E-state index is 13.9. The summed E-state index contributed by atoms with van der Waals surface area (Å²) in [6.45, 7) is 3.51. The van der Waals surface area contributed by atoms with Crippen molar-refractivity contribution in [3.05, 3.63) is 65.7 Å². The van der Waals surface area contributed by atoms with E-state index >= 15 is 0 Å². The fourth-order valence-corrected chi connectivity index (χ4v) is 3.55. The van der Waals surface area contributed by atoms with Gasteiger partial charge in [-0.2, -0.15) is 0 Å². The molecule has 8 nitrogen and oxygen atoms in total. The molecule has 1 fully saturated rings. The third-order valence-corrected chi connectivity index (χ3v) is 5.25. The van der Waals surface area contributed by atoms with Gasteiger partial charge in [0.2, 0.25) is 5.91 Å². The molecule has 2 heterocycles. The molecule has 1 aliphatic rings. The van der Waals surface area contributed by atoms with Crippen LogP contribution in [0.3, 0.4) is 0 Å². The van der Waals surface area contributed by atoms with Crippen LogP contribution in [0.15, 0.2) is 48.8 Å². The lowest BCUT2D eigenvalue weighted by atomic mass is 10.1. The van der Waals surface area contributed by atoms with Gasteiger partial charge >= 0.3 is 0 Å². The summed E-state index contributed by atoms with van der Waals surface area (Å²) in [6.07, 6.45) is 1.89. The second-order valence-electron chi connectivity index (χ2n) is 7.22. The summed E-state index contributed by atoms with van der Waals surface area (Å²) in [7, 11) is 1.46. The second-order valence-corrected chi connectivity index (χ2v) is 7.22. The third-order valence-electron chi connectivity index (χ3n) is 5.25. The molecule has 0 radical (unpaired) electrons. The molecule has 1 aliphatic heterocycles. The van der Waals surface area contributed by atoms with Gasteiger partial charge in [-0.1, -0.05) is 18.2 Å². The van der Waals surface area contributed by atoms with E-state index in [-0.39, 0.29) is 17.5 Å². The predicted octanol–water partition coefficient (Wildman–Crippen LogP) is 1.70. The van der Waals surface area contributed by atoms with Crippen LogP contribution >= 0.6 is 0 Å². The van der Waals surface area contributed by atoms with Crippen molar-refractivity contribution in [3.63, 3.8) is 0 Å². The van der Waals surface area contributed by atoms with Gasteiger partial charge in [-0.15, -0.1) is 5.10 Å². The Balaban J connectivity index is 1.27. The number of carbonyl (C=O) groups is 1. The Hall–Kier alpha value is -3.33. The molecular formula is C21H23FN6O2. The molecule has 9 heteroatoms. The normalized spacial score (nSPS) is 14.7. The molecule has 1 saturated heterocycles. The van der Waals surface area contributed by atoms with Crippen LogP contribution in [-0.4, -0.2) is 69.2 Å². The van der Waals surface area contributed by atoms with Crippen LogP contribution in [0.25, 0.3) is 5.69 Å². The van der Waals surface area contributed by atoms with Gasteiger partial charge in [-0.3, -0.25) is 9.69 Å². The first-order valence-corrected chi connectivity index (χ1v) is 9.77. The predicted molar refractivity (Wildman–Crippen MR) is 108 cm³/mol. The first-order chi connectivity index (χ1) is 14.6. The summed E-state index contributed by atoms with van der Waals surface area (Å²) >= 11 is 0. The lowest BCUT2D eigenvalue weighted by molar-refractivity contribution is -0.132. The molecule has 0 atom stereocenters. The summed E-state index contributed by atoms with van der Waals surface area (Å²) in [5.41, 5.74) is 2.70. The number of aromatic nitrogens is 4. The fraction of sp³-hybridized carbons (Fsp3) is 0.333. The van der Waals surface area contributed by atoms with Crippen molar-refractivity contribution in [2.24, 2.45) is 0 Å².